The molecule has 22 heavy (non-hydrogen) atoms. The standard InChI is InChI=1S/C16H23N3O3/c1-2-22-14-5-3-12(4-6-14)11-18-16(21)19-9-7-13(8-10-19)15(17)20/h3-6,13H,2,7-11H2,1H3,(H2,17,20)(H,18,21). The number of ether oxygens (including phenoxy) is 1. The maximum atomic E-state index is 12.1. The number of primary amides is 1. The normalized spacial score (nSPS) is 15.4. The van der Waals surface area contributed by atoms with Crippen molar-refractivity contribution in [3.05, 3.63) is 29.8 Å². The van der Waals surface area contributed by atoms with Crippen LogP contribution in [0.3, 0.4) is 0 Å². The van der Waals surface area contributed by atoms with E-state index in [1.165, 1.54) is 0 Å². The Morgan fingerprint density at radius 2 is 1.91 bits per heavy atom. The highest BCUT2D eigenvalue weighted by atomic mass is 16.5. The summed E-state index contributed by atoms with van der Waals surface area (Å²) in [7, 11) is 0. The van der Waals surface area contributed by atoms with Gasteiger partial charge in [0.15, 0.2) is 0 Å². The van der Waals surface area contributed by atoms with Crippen LogP contribution in [0.2, 0.25) is 0 Å². The van der Waals surface area contributed by atoms with Crippen molar-refractivity contribution >= 4 is 11.9 Å². The lowest BCUT2D eigenvalue weighted by molar-refractivity contribution is -0.123. The summed E-state index contributed by atoms with van der Waals surface area (Å²) in [6, 6.07) is 7.55. The number of benzene rings is 1. The van der Waals surface area contributed by atoms with E-state index in [0.717, 1.165) is 11.3 Å². The molecule has 0 aliphatic carbocycles. The van der Waals surface area contributed by atoms with E-state index in [1.807, 2.05) is 31.2 Å². The van der Waals surface area contributed by atoms with E-state index >= 15 is 0 Å². The third-order valence-corrected chi connectivity index (χ3v) is 3.86. The van der Waals surface area contributed by atoms with E-state index in [-0.39, 0.29) is 17.9 Å². The molecule has 0 atom stereocenters. The summed E-state index contributed by atoms with van der Waals surface area (Å²) in [4.78, 5) is 24.9. The molecular weight excluding hydrogens is 282 g/mol. The number of rotatable bonds is 5. The van der Waals surface area contributed by atoms with Gasteiger partial charge in [-0.25, -0.2) is 4.79 Å². The molecule has 1 aromatic rings. The minimum Gasteiger partial charge on any atom is -0.494 e. The number of piperidine rings is 1. The first-order chi connectivity index (χ1) is 10.6. The zero-order chi connectivity index (χ0) is 15.9. The van der Waals surface area contributed by atoms with Gasteiger partial charge in [0, 0.05) is 25.6 Å². The van der Waals surface area contributed by atoms with Gasteiger partial charge in [-0.3, -0.25) is 4.79 Å². The van der Waals surface area contributed by atoms with Crippen LogP contribution in [0.15, 0.2) is 24.3 Å². The first-order valence-corrected chi connectivity index (χ1v) is 7.64. The first kappa shape index (κ1) is 16.1. The van der Waals surface area contributed by atoms with E-state index in [1.54, 1.807) is 4.90 Å². The highest BCUT2D eigenvalue weighted by Crippen LogP contribution is 2.17. The van der Waals surface area contributed by atoms with Crippen molar-refractivity contribution in [3.63, 3.8) is 0 Å². The van der Waals surface area contributed by atoms with Crippen LogP contribution in [0, 0.1) is 5.92 Å². The first-order valence-electron chi connectivity index (χ1n) is 7.64. The lowest BCUT2D eigenvalue weighted by atomic mass is 9.96. The summed E-state index contributed by atoms with van der Waals surface area (Å²) in [6.07, 6.45) is 1.29. The minimum atomic E-state index is -0.269. The third-order valence-electron chi connectivity index (χ3n) is 3.86. The van der Waals surface area contributed by atoms with Crippen molar-refractivity contribution in [2.75, 3.05) is 19.7 Å². The molecule has 0 unspecified atom stereocenters. The molecule has 1 aromatic carbocycles. The highest BCUT2D eigenvalue weighted by molar-refractivity contribution is 5.78. The van der Waals surface area contributed by atoms with Gasteiger partial charge in [-0.15, -0.1) is 0 Å². The molecule has 1 aliphatic rings. The van der Waals surface area contributed by atoms with Crippen molar-refractivity contribution in [2.45, 2.75) is 26.3 Å². The fourth-order valence-corrected chi connectivity index (χ4v) is 2.53. The molecule has 3 N–H and O–H groups in total. The van der Waals surface area contributed by atoms with E-state index in [4.69, 9.17) is 10.5 Å². The van der Waals surface area contributed by atoms with Crippen molar-refractivity contribution in [1.82, 2.24) is 10.2 Å². The Hall–Kier alpha value is -2.24. The molecule has 1 aliphatic heterocycles. The largest absolute Gasteiger partial charge is 0.494 e. The second kappa shape index (κ2) is 7.68. The van der Waals surface area contributed by atoms with Crippen LogP contribution >= 0.6 is 0 Å². The summed E-state index contributed by atoms with van der Waals surface area (Å²) in [5, 5.41) is 2.89. The predicted octanol–water partition coefficient (Wildman–Crippen LogP) is 1.49. The number of hydrogen-bond donors (Lipinski definition) is 2. The Kier molecular flexibility index (Phi) is 5.63. The number of carbonyl (C=O) groups excluding carboxylic acids is 2. The van der Waals surface area contributed by atoms with Crippen LogP contribution in [0.4, 0.5) is 4.79 Å². The molecule has 6 heteroatoms. The Morgan fingerprint density at radius 3 is 2.45 bits per heavy atom. The number of nitrogens with zero attached hydrogens (tertiary/aromatic N) is 1. The fourth-order valence-electron chi connectivity index (χ4n) is 2.53. The molecule has 1 heterocycles. The number of nitrogens with one attached hydrogen (secondary N) is 1. The summed E-state index contributed by atoms with van der Waals surface area (Å²) in [5.74, 6) is 0.454. The van der Waals surface area contributed by atoms with Crippen molar-refractivity contribution in [3.8, 4) is 5.75 Å². The number of carbonyl (C=O) groups is 2. The van der Waals surface area contributed by atoms with E-state index in [2.05, 4.69) is 5.32 Å². The minimum absolute atomic E-state index is 0.100. The number of nitrogens with two attached hydrogens (primary N) is 1. The molecule has 0 bridgehead atoms. The van der Waals surface area contributed by atoms with E-state index in [9.17, 15) is 9.59 Å². The molecule has 1 saturated heterocycles. The summed E-state index contributed by atoms with van der Waals surface area (Å²) >= 11 is 0. The number of urea groups is 1. The molecular formula is C16H23N3O3. The van der Waals surface area contributed by atoms with Crippen LogP contribution in [0.5, 0.6) is 5.75 Å². The summed E-state index contributed by atoms with van der Waals surface area (Å²) in [6.45, 7) is 4.19. The van der Waals surface area contributed by atoms with Crippen LogP contribution < -0.4 is 15.8 Å². The average Bonchev–Trinajstić information content (AvgIpc) is 2.54. The Bertz CT molecular complexity index is 508. The number of likely N-dealkylation sites (tertiary alicyclic amines) is 1. The van der Waals surface area contributed by atoms with Gasteiger partial charge >= 0.3 is 6.03 Å². The molecule has 0 aromatic heterocycles. The zero-order valence-corrected chi connectivity index (χ0v) is 12.9. The topological polar surface area (TPSA) is 84.7 Å². The van der Waals surface area contributed by atoms with Crippen molar-refractivity contribution < 1.29 is 14.3 Å². The van der Waals surface area contributed by atoms with Gasteiger partial charge in [0.2, 0.25) is 5.91 Å². The summed E-state index contributed by atoms with van der Waals surface area (Å²) in [5.41, 5.74) is 6.31. The van der Waals surface area contributed by atoms with Crippen molar-refractivity contribution in [1.29, 1.82) is 0 Å². The Morgan fingerprint density at radius 1 is 1.27 bits per heavy atom. The van der Waals surface area contributed by atoms with Crippen LogP contribution in [-0.2, 0) is 11.3 Å². The van der Waals surface area contributed by atoms with Crippen LogP contribution in [0.25, 0.3) is 0 Å². The van der Waals surface area contributed by atoms with Gasteiger partial charge in [0.05, 0.1) is 6.61 Å². The number of amides is 3. The van der Waals surface area contributed by atoms with Gasteiger partial charge in [-0.2, -0.15) is 0 Å². The average molecular weight is 305 g/mol. The van der Waals surface area contributed by atoms with Gasteiger partial charge in [0.1, 0.15) is 5.75 Å². The molecule has 6 nitrogen and oxygen atoms in total. The molecule has 0 saturated carbocycles. The van der Waals surface area contributed by atoms with Crippen LogP contribution in [0.1, 0.15) is 25.3 Å². The molecule has 2 rings (SSSR count). The second-order valence-corrected chi connectivity index (χ2v) is 5.40. The highest BCUT2D eigenvalue weighted by Gasteiger charge is 2.25. The van der Waals surface area contributed by atoms with Crippen LogP contribution in [-0.4, -0.2) is 36.5 Å². The Balaban J connectivity index is 1.77. The smallest absolute Gasteiger partial charge is 0.317 e. The van der Waals surface area contributed by atoms with Gasteiger partial charge in [-0.05, 0) is 37.5 Å². The lowest BCUT2D eigenvalue weighted by Gasteiger charge is -2.30. The summed E-state index contributed by atoms with van der Waals surface area (Å²) < 4.78 is 5.38. The maximum Gasteiger partial charge on any atom is 0.317 e. The lowest BCUT2D eigenvalue weighted by Crippen LogP contribution is -2.46. The SMILES string of the molecule is CCOc1ccc(CNC(=O)N2CCC(C(N)=O)CC2)cc1. The fraction of sp³-hybridized carbons (Fsp3) is 0.500. The Labute approximate surface area is 130 Å². The van der Waals surface area contributed by atoms with Gasteiger partial charge < -0.3 is 20.7 Å². The predicted molar refractivity (Wildman–Crippen MR) is 83.3 cm³/mol. The monoisotopic (exact) mass is 305 g/mol. The molecule has 1 fully saturated rings. The second-order valence-electron chi connectivity index (χ2n) is 5.40. The van der Waals surface area contributed by atoms with Gasteiger partial charge in [0.25, 0.3) is 0 Å². The quantitative estimate of drug-likeness (QED) is 0.864. The number of hydrogen-bond acceptors (Lipinski definition) is 3. The molecule has 3 amide bonds. The molecule has 0 spiro atoms. The van der Waals surface area contributed by atoms with E-state index in [0.29, 0.717) is 39.1 Å². The zero-order valence-electron chi connectivity index (χ0n) is 12.9. The van der Waals surface area contributed by atoms with Crippen molar-refractivity contribution in [2.24, 2.45) is 11.7 Å². The van der Waals surface area contributed by atoms with E-state index < -0.39 is 0 Å². The van der Waals surface area contributed by atoms with Gasteiger partial charge in [-0.1, -0.05) is 12.1 Å². The molecule has 120 valence electrons. The maximum absolute atomic E-state index is 12.1. The third kappa shape index (κ3) is 4.38. The molecule has 0 radical (unpaired) electrons.